The van der Waals surface area contributed by atoms with Crippen molar-refractivity contribution in [2.45, 2.75) is 40.0 Å². The average molecular weight is 249 g/mol. The van der Waals surface area contributed by atoms with Crippen LogP contribution in [0, 0.1) is 6.92 Å². The maximum atomic E-state index is 5.75. The predicted molar refractivity (Wildman–Crippen MR) is 78.3 cm³/mol. The molecule has 0 spiro atoms. The zero-order valence-corrected chi connectivity index (χ0v) is 12.1. The highest BCUT2D eigenvalue weighted by molar-refractivity contribution is 5.27. The topological polar surface area (TPSA) is 12.5 Å². The molecule has 2 nitrogen and oxygen atoms in total. The second-order valence-corrected chi connectivity index (χ2v) is 4.57. The molecule has 102 valence electrons. The Bertz CT molecular complexity index is 319. The van der Waals surface area contributed by atoms with Crippen molar-refractivity contribution in [1.29, 1.82) is 0 Å². The Kier molecular flexibility index (Phi) is 7.51. The molecule has 0 atom stereocenters. The van der Waals surface area contributed by atoms with Crippen molar-refractivity contribution in [2.75, 3.05) is 26.2 Å². The van der Waals surface area contributed by atoms with Crippen LogP contribution in [0.3, 0.4) is 0 Å². The van der Waals surface area contributed by atoms with Gasteiger partial charge in [0.1, 0.15) is 12.4 Å². The van der Waals surface area contributed by atoms with Crippen molar-refractivity contribution in [2.24, 2.45) is 0 Å². The van der Waals surface area contributed by atoms with Crippen LogP contribution < -0.4 is 4.74 Å². The minimum atomic E-state index is 0.809. The van der Waals surface area contributed by atoms with Crippen LogP contribution in [0.5, 0.6) is 5.75 Å². The fourth-order valence-corrected chi connectivity index (χ4v) is 2.18. The average Bonchev–Trinajstić information content (AvgIpc) is 2.42. The van der Waals surface area contributed by atoms with E-state index in [0.717, 1.165) is 18.9 Å². The van der Waals surface area contributed by atoms with Crippen molar-refractivity contribution < 1.29 is 4.74 Å². The quantitative estimate of drug-likeness (QED) is 0.803. The second kappa shape index (κ2) is 8.98. The van der Waals surface area contributed by atoms with Gasteiger partial charge in [-0.3, -0.25) is 4.90 Å². The van der Waals surface area contributed by atoms with E-state index in [0.29, 0.717) is 0 Å². The summed E-state index contributed by atoms with van der Waals surface area (Å²) in [6.07, 6.45) is 4.10. The maximum absolute atomic E-state index is 5.75. The summed E-state index contributed by atoms with van der Waals surface area (Å²) in [5, 5.41) is 0. The normalized spacial score (nSPS) is 15.7. The Labute approximate surface area is 112 Å². The molecule has 0 amide bonds. The number of aryl methyl sites for hydroxylation is 1. The van der Waals surface area contributed by atoms with E-state index in [1.54, 1.807) is 0 Å². The van der Waals surface area contributed by atoms with Crippen LogP contribution in [0.1, 0.15) is 38.7 Å². The van der Waals surface area contributed by atoms with Crippen molar-refractivity contribution in [1.82, 2.24) is 4.90 Å². The van der Waals surface area contributed by atoms with E-state index in [1.165, 1.54) is 37.9 Å². The van der Waals surface area contributed by atoms with E-state index in [4.69, 9.17) is 4.74 Å². The Morgan fingerprint density at radius 2 is 1.83 bits per heavy atom. The molecule has 1 fully saturated rings. The molecule has 1 heterocycles. The number of piperidine rings is 1. The summed E-state index contributed by atoms with van der Waals surface area (Å²) in [4.78, 5) is 2.50. The smallest absolute Gasteiger partial charge is 0.119 e. The van der Waals surface area contributed by atoms with Gasteiger partial charge >= 0.3 is 0 Å². The number of benzene rings is 1. The maximum Gasteiger partial charge on any atom is 0.119 e. The zero-order chi connectivity index (χ0) is 13.2. The molecule has 2 rings (SSSR count). The molecular weight excluding hydrogens is 222 g/mol. The minimum absolute atomic E-state index is 0.809. The van der Waals surface area contributed by atoms with Gasteiger partial charge in [-0.25, -0.2) is 0 Å². The fraction of sp³-hybridized carbons (Fsp3) is 0.625. The van der Waals surface area contributed by atoms with Crippen LogP contribution >= 0.6 is 0 Å². The monoisotopic (exact) mass is 249 g/mol. The summed E-state index contributed by atoms with van der Waals surface area (Å²) in [5.41, 5.74) is 1.26. The highest BCUT2D eigenvalue weighted by Crippen LogP contribution is 2.13. The lowest BCUT2D eigenvalue weighted by molar-refractivity contribution is 0.183. The van der Waals surface area contributed by atoms with Crippen LogP contribution in [-0.4, -0.2) is 31.1 Å². The summed E-state index contributed by atoms with van der Waals surface area (Å²) < 4.78 is 5.75. The van der Waals surface area contributed by atoms with Crippen molar-refractivity contribution >= 4 is 0 Å². The fourth-order valence-electron chi connectivity index (χ4n) is 2.18. The van der Waals surface area contributed by atoms with Crippen LogP contribution in [0.2, 0.25) is 0 Å². The Hall–Kier alpha value is -1.02. The first-order valence-electron chi connectivity index (χ1n) is 7.26. The number of rotatable bonds is 4. The van der Waals surface area contributed by atoms with Crippen molar-refractivity contribution in [3.8, 4) is 5.75 Å². The highest BCUT2D eigenvalue weighted by Gasteiger charge is 2.09. The van der Waals surface area contributed by atoms with E-state index in [-0.39, 0.29) is 0 Å². The lowest BCUT2D eigenvalue weighted by Crippen LogP contribution is -2.33. The van der Waals surface area contributed by atoms with Crippen LogP contribution in [0.25, 0.3) is 0 Å². The van der Waals surface area contributed by atoms with Gasteiger partial charge in [-0.15, -0.1) is 0 Å². The van der Waals surface area contributed by atoms with Gasteiger partial charge in [0, 0.05) is 6.54 Å². The summed E-state index contributed by atoms with van der Waals surface area (Å²) in [5.74, 6) is 0.997. The zero-order valence-electron chi connectivity index (χ0n) is 12.1. The first-order valence-corrected chi connectivity index (χ1v) is 7.26. The summed E-state index contributed by atoms with van der Waals surface area (Å²) in [7, 11) is 0. The molecule has 1 aliphatic heterocycles. The number of ether oxygens (including phenoxy) is 1. The van der Waals surface area contributed by atoms with Gasteiger partial charge in [-0.05, 0) is 50.6 Å². The molecular formula is C16H27NO. The van der Waals surface area contributed by atoms with Gasteiger partial charge < -0.3 is 4.74 Å². The summed E-state index contributed by atoms with van der Waals surface area (Å²) in [6, 6.07) is 8.27. The third-order valence-electron chi connectivity index (χ3n) is 3.11. The Morgan fingerprint density at radius 1 is 1.11 bits per heavy atom. The van der Waals surface area contributed by atoms with E-state index < -0.39 is 0 Å². The number of nitrogens with zero attached hydrogens (tertiary/aromatic N) is 1. The highest BCUT2D eigenvalue weighted by atomic mass is 16.5. The van der Waals surface area contributed by atoms with E-state index >= 15 is 0 Å². The van der Waals surface area contributed by atoms with Gasteiger partial charge in [0.15, 0.2) is 0 Å². The molecule has 0 saturated carbocycles. The standard InChI is InChI=1S/C14H21NO.C2H6/c1-13-6-5-7-14(12-13)16-11-10-15-8-3-2-4-9-15;1-2/h5-7,12H,2-4,8-11H2,1H3;1-2H3. The van der Waals surface area contributed by atoms with E-state index in [1.807, 2.05) is 26.0 Å². The second-order valence-electron chi connectivity index (χ2n) is 4.57. The summed E-state index contributed by atoms with van der Waals surface area (Å²) in [6.45, 7) is 10.5. The van der Waals surface area contributed by atoms with Crippen LogP contribution in [0.15, 0.2) is 24.3 Å². The predicted octanol–water partition coefficient (Wildman–Crippen LogP) is 3.89. The summed E-state index contributed by atoms with van der Waals surface area (Å²) >= 11 is 0. The lowest BCUT2D eigenvalue weighted by atomic mass is 10.1. The van der Waals surface area contributed by atoms with E-state index in [9.17, 15) is 0 Å². The van der Waals surface area contributed by atoms with Crippen LogP contribution in [-0.2, 0) is 0 Å². The molecule has 2 heteroatoms. The molecule has 0 N–H and O–H groups in total. The SMILES string of the molecule is CC.Cc1cccc(OCCN2CCCCC2)c1. The minimum Gasteiger partial charge on any atom is -0.492 e. The third kappa shape index (κ3) is 5.54. The third-order valence-corrected chi connectivity index (χ3v) is 3.11. The number of hydrogen-bond donors (Lipinski definition) is 0. The number of hydrogen-bond acceptors (Lipinski definition) is 2. The molecule has 0 aliphatic carbocycles. The lowest BCUT2D eigenvalue weighted by Gasteiger charge is -2.26. The molecule has 0 bridgehead atoms. The number of likely N-dealkylation sites (tertiary alicyclic amines) is 1. The van der Waals surface area contributed by atoms with Gasteiger partial charge in [0.2, 0.25) is 0 Å². The molecule has 1 saturated heterocycles. The van der Waals surface area contributed by atoms with Gasteiger partial charge in [-0.1, -0.05) is 32.4 Å². The van der Waals surface area contributed by atoms with E-state index in [2.05, 4.69) is 24.0 Å². The van der Waals surface area contributed by atoms with Crippen LogP contribution in [0.4, 0.5) is 0 Å². The van der Waals surface area contributed by atoms with Crippen molar-refractivity contribution in [3.05, 3.63) is 29.8 Å². The Morgan fingerprint density at radius 3 is 2.50 bits per heavy atom. The first kappa shape index (κ1) is 15.0. The molecule has 1 aromatic carbocycles. The largest absolute Gasteiger partial charge is 0.492 e. The molecule has 1 aromatic rings. The molecule has 0 aromatic heterocycles. The molecule has 0 radical (unpaired) electrons. The van der Waals surface area contributed by atoms with Crippen molar-refractivity contribution in [3.63, 3.8) is 0 Å². The van der Waals surface area contributed by atoms with Gasteiger partial charge in [0.05, 0.1) is 0 Å². The first-order chi connectivity index (χ1) is 8.84. The van der Waals surface area contributed by atoms with Gasteiger partial charge in [-0.2, -0.15) is 0 Å². The molecule has 18 heavy (non-hydrogen) atoms. The Balaban J connectivity index is 0.000000771. The van der Waals surface area contributed by atoms with Gasteiger partial charge in [0.25, 0.3) is 0 Å². The molecule has 1 aliphatic rings. The molecule has 0 unspecified atom stereocenters.